The second-order valence-electron chi connectivity index (χ2n) is 8.67. The summed E-state index contributed by atoms with van der Waals surface area (Å²) in [6.07, 6.45) is 14.7. The van der Waals surface area contributed by atoms with Crippen LogP contribution in [0.1, 0.15) is 111 Å². The fourth-order valence-electron chi connectivity index (χ4n) is 3.10. The van der Waals surface area contributed by atoms with Crippen LogP contribution < -0.4 is 5.32 Å². The average molecular weight is 384 g/mol. The zero-order valence-corrected chi connectivity index (χ0v) is 17.9. The lowest BCUT2D eigenvalue weighted by atomic mass is 9.86. The number of nitrogens with one attached hydrogen (secondary N) is 1. The van der Waals surface area contributed by atoms with Gasteiger partial charge in [0.25, 0.3) is 5.91 Å². The standard InChI is InChI=1S/C22H41NO4/c1-5-6-7-8-9-10-11-12-13-14-15-16-17-18(24)20(25)23-19(21(26)27)22(2,3)4/h19H,5-17H2,1-4H3,(H,23,25)(H,26,27)/t19-/m1/s1. The van der Waals surface area contributed by atoms with Crippen molar-refractivity contribution in [1.29, 1.82) is 0 Å². The van der Waals surface area contributed by atoms with Gasteiger partial charge in [0.2, 0.25) is 5.78 Å². The van der Waals surface area contributed by atoms with Gasteiger partial charge in [-0.2, -0.15) is 0 Å². The molecule has 0 aromatic carbocycles. The monoisotopic (exact) mass is 383 g/mol. The van der Waals surface area contributed by atoms with Gasteiger partial charge in [-0.05, 0) is 11.8 Å². The quantitative estimate of drug-likeness (QED) is 0.281. The summed E-state index contributed by atoms with van der Waals surface area (Å²) >= 11 is 0. The van der Waals surface area contributed by atoms with E-state index in [1.54, 1.807) is 20.8 Å². The largest absolute Gasteiger partial charge is 0.480 e. The van der Waals surface area contributed by atoms with Crippen LogP contribution >= 0.6 is 0 Å². The molecule has 0 aliphatic carbocycles. The molecule has 27 heavy (non-hydrogen) atoms. The maximum atomic E-state index is 11.9. The number of hydrogen-bond donors (Lipinski definition) is 2. The van der Waals surface area contributed by atoms with E-state index in [-0.39, 0.29) is 6.42 Å². The second kappa shape index (κ2) is 14.6. The normalized spacial score (nSPS) is 12.6. The molecule has 0 aromatic rings. The molecule has 0 spiro atoms. The SMILES string of the molecule is CCCCCCCCCCCCCCC(=O)C(=O)N[C@H](C(=O)O)C(C)(C)C. The fourth-order valence-corrected chi connectivity index (χ4v) is 3.10. The summed E-state index contributed by atoms with van der Waals surface area (Å²) in [5.41, 5.74) is -0.641. The molecule has 0 radical (unpaired) electrons. The van der Waals surface area contributed by atoms with Gasteiger partial charge >= 0.3 is 5.97 Å². The molecule has 0 rings (SSSR count). The Morgan fingerprint density at radius 3 is 1.56 bits per heavy atom. The molecule has 2 N–H and O–H groups in total. The number of aliphatic carboxylic acids is 1. The molecule has 0 aromatic heterocycles. The number of Topliss-reactive ketones (excluding diaryl/α,β-unsaturated/α-hetero) is 1. The highest BCUT2D eigenvalue weighted by Gasteiger charge is 2.33. The van der Waals surface area contributed by atoms with E-state index in [1.165, 1.54) is 57.8 Å². The van der Waals surface area contributed by atoms with Crippen molar-refractivity contribution in [3.63, 3.8) is 0 Å². The van der Waals surface area contributed by atoms with Crippen LogP contribution in [0.15, 0.2) is 0 Å². The molecule has 0 unspecified atom stereocenters. The third-order valence-electron chi connectivity index (χ3n) is 4.90. The van der Waals surface area contributed by atoms with Gasteiger partial charge in [-0.25, -0.2) is 4.79 Å². The van der Waals surface area contributed by atoms with Crippen LogP contribution in [0.2, 0.25) is 0 Å². The number of carboxylic acid groups (broad SMARTS) is 1. The number of ketones is 1. The van der Waals surface area contributed by atoms with Gasteiger partial charge in [-0.3, -0.25) is 9.59 Å². The molecule has 0 aliphatic heterocycles. The van der Waals surface area contributed by atoms with E-state index in [1.807, 2.05) is 0 Å². The molecule has 1 atom stereocenters. The van der Waals surface area contributed by atoms with E-state index < -0.39 is 29.1 Å². The lowest BCUT2D eigenvalue weighted by Gasteiger charge is -2.27. The van der Waals surface area contributed by atoms with Gasteiger partial charge < -0.3 is 10.4 Å². The Hall–Kier alpha value is -1.39. The highest BCUT2D eigenvalue weighted by atomic mass is 16.4. The first-order chi connectivity index (χ1) is 12.7. The Morgan fingerprint density at radius 1 is 0.778 bits per heavy atom. The first kappa shape index (κ1) is 25.6. The van der Waals surface area contributed by atoms with Crippen molar-refractivity contribution in [2.75, 3.05) is 0 Å². The number of carboxylic acids is 1. The van der Waals surface area contributed by atoms with Gasteiger partial charge in [-0.1, -0.05) is 98.3 Å². The fraction of sp³-hybridized carbons (Fsp3) is 0.864. The van der Waals surface area contributed by atoms with Gasteiger partial charge in [-0.15, -0.1) is 0 Å². The van der Waals surface area contributed by atoms with Crippen molar-refractivity contribution in [2.45, 2.75) is 117 Å². The number of hydrogen-bond acceptors (Lipinski definition) is 3. The third-order valence-corrected chi connectivity index (χ3v) is 4.90. The molecule has 0 aliphatic rings. The van der Waals surface area contributed by atoms with Crippen molar-refractivity contribution < 1.29 is 19.5 Å². The zero-order chi connectivity index (χ0) is 20.7. The summed E-state index contributed by atoms with van der Waals surface area (Å²) in [6.45, 7) is 7.41. The van der Waals surface area contributed by atoms with Gasteiger partial charge in [0.05, 0.1) is 0 Å². The van der Waals surface area contributed by atoms with E-state index in [0.29, 0.717) is 6.42 Å². The van der Waals surface area contributed by atoms with Crippen LogP contribution in [0.5, 0.6) is 0 Å². The molecular weight excluding hydrogens is 342 g/mol. The summed E-state index contributed by atoms with van der Waals surface area (Å²) in [5.74, 6) is -2.41. The molecule has 5 nitrogen and oxygen atoms in total. The molecule has 1 amide bonds. The Balaban J connectivity index is 3.73. The number of rotatable bonds is 16. The van der Waals surface area contributed by atoms with Crippen molar-refractivity contribution in [3.05, 3.63) is 0 Å². The minimum Gasteiger partial charge on any atom is -0.480 e. The van der Waals surface area contributed by atoms with E-state index >= 15 is 0 Å². The molecular formula is C22H41NO4. The summed E-state index contributed by atoms with van der Waals surface area (Å²) in [5, 5.41) is 11.6. The van der Waals surface area contributed by atoms with Crippen LogP contribution in [0.4, 0.5) is 0 Å². The van der Waals surface area contributed by atoms with Crippen LogP contribution in [0.3, 0.4) is 0 Å². The number of carbonyl (C=O) groups excluding carboxylic acids is 2. The minimum atomic E-state index is -1.12. The van der Waals surface area contributed by atoms with E-state index in [4.69, 9.17) is 0 Å². The Labute approximate surface area is 165 Å². The van der Waals surface area contributed by atoms with Gasteiger partial charge in [0, 0.05) is 6.42 Å². The van der Waals surface area contributed by atoms with Gasteiger partial charge in [0.1, 0.15) is 6.04 Å². The van der Waals surface area contributed by atoms with E-state index in [0.717, 1.165) is 12.8 Å². The Bertz CT molecular complexity index is 440. The summed E-state index contributed by atoms with van der Waals surface area (Å²) in [6, 6.07) is -1.06. The van der Waals surface area contributed by atoms with E-state index in [9.17, 15) is 19.5 Å². The first-order valence-corrected chi connectivity index (χ1v) is 10.8. The lowest BCUT2D eigenvalue weighted by Crippen LogP contribution is -2.51. The summed E-state index contributed by atoms with van der Waals surface area (Å²) in [4.78, 5) is 35.1. The Morgan fingerprint density at radius 2 is 1.19 bits per heavy atom. The molecule has 0 bridgehead atoms. The maximum Gasteiger partial charge on any atom is 0.326 e. The topological polar surface area (TPSA) is 83.5 Å². The number of carbonyl (C=O) groups is 3. The zero-order valence-electron chi connectivity index (χ0n) is 17.9. The summed E-state index contributed by atoms with van der Waals surface area (Å²) in [7, 11) is 0. The van der Waals surface area contributed by atoms with Crippen molar-refractivity contribution in [3.8, 4) is 0 Å². The van der Waals surface area contributed by atoms with Crippen molar-refractivity contribution in [1.82, 2.24) is 5.32 Å². The number of unbranched alkanes of at least 4 members (excludes halogenated alkanes) is 11. The van der Waals surface area contributed by atoms with Gasteiger partial charge in [0.15, 0.2) is 0 Å². The molecule has 0 fully saturated rings. The van der Waals surface area contributed by atoms with Crippen LogP contribution in [0, 0.1) is 5.41 Å². The predicted octanol–water partition coefficient (Wildman–Crippen LogP) is 5.26. The van der Waals surface area contributed by atoms with Crippen LogP contribution in [-0.2, 0) is 14.4 Å². The lowest BCUT2D eigenvalue weighted by molar-refractivity contribution is -0.146. The average Bonchev–Trinajstić information content (AvgIpc) is 2.58. The summed E-state index contributed by atoms with van der Waals surface area (Å²) < 4.78 is 0. The Kier molecular flexibility index (Phi) is 13.9. The molecule has 5 heteroatoms. The molecule has 0 saturated carbocycles. The van der Waals surface area contributed by atoms with Crippen molar-refractivity contribution >= 4 is 17.7 Å². The van der Waals surface area contributed by atoms with Crippen LogP contribution in [0.25, 0.3) is 0 Å². The maximum absolute atomic E-state index is 11.9. The smallest absolute Gasteiger partial charge is 0.326 e. The van der Waals surface area contributed by atoms with E-state index in [2.05, 4.69) is 12.2 Å². The molecule has 0 saturated heterocycles. The predicted molar refractivity (Wildman–Crippen MR) is 110 cm³/mol. The third kappa shape index (κ3) is 13.4. The van der Waals surface area contributed by atoms with Crippen molar-refractivity contribution in [2.24, 2.45) is 5.41 Å². The first-order valence-electron chi connectivity index (χ1n) is 10.8. The number of amides is 1. The highest BCUT2D eigenvalue weighted by molar-refractivity contribution is 6.36. The van der Waals surface area contributed by atoms with Crippen LogP contribution in [-0.4, -0.2) is 28.8 Å². The second-order valence-corrected chi connectivity index (χ2v) is 8.67. The highest BCUT2D eigenvalue weighted by Crippen LogP contribution is 2.19. The minimum absolute atomic E-state index is 0.194. The molecule has 0 heterocycles. The molecule has 158 valence electrons.